The minimum atomic E-state index is -3.65. The molecular weight excluding hydrogens is 276 g/mol. The Bertz CT molecular complexity index is 557. The van der Waals surface area contributed by atoms with Gasteiger partial charge in [0.2, 0.25) is 10.0 Å². The van der Waals surface area contributed by atoms with E-state index in [1.165, 1.54) is 5.38 Å². The molecule has 1 heterocycles. The molecule has 8 heteroatoms. The Morgan fingerprint density at radius 3 is 2.78 bits per heavy atom. The van der Waals surface area contributed by atoms with Gasteiger partial charge in [-0.25, -0.2) is 17.9 Å². The van der Waals surface area contributed by atoms with Gasteiger partial charge in [-0.15, -0.1) is 11.3 Å². The summed E-state index contributed by atoms with van der Waals surface area (Å²) in [5.74, 6) is -1.14. The Morgan fingerprint density at radius 1 is 1.50 bits per heavy atom. The summed E-state index contributed by atoms with van der Waals surface area (Å²) in [4.78, 5) is 10.6. The van der Waals surface area contributed by atoms with Crippen LogP contribution in [0, 0.1) is 11.3 Å². The van der Waals surface area contributed by atoms with Crippen molar-refractivity contribution in [2.75, 3.05) is 6.54 Å². The lowest BCUT2D eigenvalue weighted by Crippen LogP contribution is -2.24. The number of sulfonamides is 1. The molecule has 98 valence electrons. The van der Waals surface area contributed by atoms with E-state index in [9.17, 15) is 13.2 Å². The van der Waals surface area contributed by atoms with Crippen LogP contribution in [0.25, 0.3) is 0 Å². The van der Waals surface area contributed by atoms with Crippen molar-refractivity contribution in [3.63, 3.8) is 0 Å². The van der Waals surface area contributed by atoms with E-state index in [1.54, 1.807) is 0 Å². The number of nitrogens with one attached hydrogen (secondary N) is 1. The minimum Gasteiger partial charge on any atom is -0.477 e. The average Bonchev–Trinajstić information content (AvgIpc) is 2.78. The fourth-order valence-corrected chi connectivity index (χ4v) is 3.38. The molecule has 0 unspecified atom stereocenters. The summed E-state index contributed by atoms with van der Waals surface area (Å²) in [6, 6.07) is 3.10. The first-order valence-corrected chi connectivity index (χ1v) is 7.52. The molecule has 6 nitrogen and oxygen atoms in total. The van der Waals surface area contributed by atoms with Crippen LogP contribution in [0.5, 0.6) is 0 Å². The number of carboxylic acid groups (broad SMARTS) is 1. The summed E-state index contributed by atoms with van der Waals surface area (Å²) in [6.07, 6.45) is 1.59. The molecule has 0 radical (unpaired) electrons. The van der Waals surface area contributed by atoms with Gasteiger partial charge in [-0.1, -0.05) is 0 Å². The molecule has 1 aromatic rings. The molecule has 0 spiro atoms. The summed E-state index contributed by atoms with van der Waals surface area (Å²) < 4.78 is 25.8. The lowest BCUT2D eigenvalue weighted by atomic mass is 10.2. The van der Waals surface area contributed by atoms with E-state index in [0.29, 0.717) is 19.3 Å². The number of rotatable bonds is 7. The van der Waals surface area contributed by atoms with Crippen LogP contribution in [0.15, 0.2) is 16.3 Å². The second-order valence-corrected chi connectivity index (χ2v) is 6.14. The van der Waals surface area contributed by atoms with Crippen molar-refractivity contribution >= 4 is 27.3 Å². The molecule has 0 aromatic carbocycles. The van der Waals surface area contributed by atoms with Crippen molar-refractivity contribution in [2.45, 2.75) is 24.2 Å². The molecule has 2 N–H and O–H groups in total. The van der Waals surface area contributed by atoms with E-state index in [-0.39, 0.29) is 16.3 Å². The number of thiophene rings is 1. The molecule has 1 rings (SSSR count). The van der Waals surface area contributed by atoms with Gasteiger partial charge < -0.3 is 5.11 Å². The minimum absolute atomic E-state index is 0.0140. The van der Waals surface area contributed by atoms with E-state index in [4.69, 9.17) is 10.4 Å². The first-order chi connectivity index (χ1) is 8.47. The molecule has 0 aliphatic rings. The Labute approximate surface area is 109 Å². The average molecular weight is 288 g/mol. The smallest absolute Gasteiger partial charge is 0.345 e. The first-order valence-electron chi connectivity index (χ1n) is 5.16. The molecule has 0 saturated heterocycles. The Morgan fingerprint density at radius 2 is 2.22 bits per heavy atom. The summed E-state index contributed by atoms with van der Waals surface area (Å²) in [5.41, 5.74) is 0. The molecule has 0 atom stereocenters. The molecular formula is C10H12N2O4S2. The topological polar surface area (TPSA) is 107 Å². The summed E-state index contributed by atoms with van der Waals surface area (Å²) in [6.45, 7) is 0.238. The number of carbonyl (C=O) groups is 1. The monoisotopic (exact) mass is 288 g/mol. The third-order valence-electron chi connectivity index (χ3n) is 2.10. The van der Waals surface area contributed by atoms with E-state index in [1.807, 2.05) is 6.07 Å². The highest BCUT2D eigenvalue weighted by Gasteiger charge is 2.17. The second-order valence-electron chi connectivity index (χ2n) is 3.46. The summed E-state index contributed by atoms with van der Waals surface area (Å²) in [7, 11) is -3.65. The molecule has 0 fully saturated rings. The molecule has 1 aromatic heterocycles. The maximum atomic E-state index is 11.7. The van der Waals surface area contributed by atoms with E-state index >= 15 is 0 Å². The normalized spacial score (nSPS) is 11.1. The first kappa shape index (κ1) is 14.6. The van der Waals surface area contributed by atoms with Gasteiger partial charge in [-0.3, -0.25) is 0 Å². The fourth-order valence-electron chi connectivity index (χ4n) is 1.19. The van der Waals surface area contributed by atoms with Crippen LogP contribution in [-0.2, 0) is 10.0 Å². The van der Waals surface area contributed by atoms with Crippen molar-refractivity contribution in [1.82, 2.24) is 4.72 Å². The molecule has 18 heavy (non-hydrogen) atoms. The lowest BCUT2D eigenvalue weighted by Gasteiger charge is -2.03. The highest BCUT2D eigenvalue weighted by Crippen LogP contribution is 2.19. The number of unbranched alkanes of at least 4 members (excludes halogenated alkanes) is 2. The number of hydrogen-bond acceptors (Lipinski definition) is 5. The predicted octanol–water partition coefficient (Wildman–Crippen LogP) is 1.42. The van der Waals surface area contributed by atoms with Crippen LogP contribution in [0.1, 0.15) is 28.9 Å². The van der Waals surface area contributed by atoms with E-state index < -0.39 is 16.0 Å². The maximum Gasteiger partial charge on any atom is 0.345 e. The van der Waals surface area contributed by atoms with E-state index in [2.05, 4.69) is 4.72 Å². The van der Waals surface area contributed by atoms with Crippen LogP contribution >= 0.6 is 11.3 Å². The Balaban J connectivity index is 2.58. The molecule has 0 bridgehead atoms. The standard InChI is InChI=1S/C10H12N2O4S2/c11-4-2-1-3-5-12-18(15,16)8-6-9(10(13)14)17-7-8/h6-7,12H,1-3,5H2,(H,13,14). The van der Waals surface area contributed by atoms with Crippen LogP contribution in [0.4, 0.5) is 0 Å². The van der Waals surface area contributed by atoms with Crippen LogP contribution in [-0.4, -0.2) is 26.0 Å². The zero-order valence-corrected chi connectivity index (χ0v) is 11.1. The number of hydrogen-bond donors (Lipinski definition) is 2. The van der Waals surface area contributed by atoms with Gasteiger partial charge in [0, 0.05) is 18.3 Å². The number of nitrogens with zero attached hydrogens (tertiary/aromatic N) is 1. The number of aromatic carboxylic acids is 1. The molecule has 0 saturated carbocycles. The third-order valence-corrected chi connectivity index (χ3v) is 4.61. The van der Waals surface area contributed by atoms with E-state index in [0.717, 1.165) is 17.4 Å². The fraction of sp³-hybridized carbons (Fsp3) is 0.400. The van der Waals surface area contributed by atoms with Crippen molar-refractivity contribution in [3.8, 4) is 6.07 Å². The molecule has 0 aliphatic heterocycles. The van der Waals surface area contributed by atoms with Crippen LogP contribution < -0.4 is 4.72 Å². The van der Waals surface area contributed by atoms with Crippen molar-refractivity contribution in [2.24, 2.45) is 0 Å². The quantitative estimate of drug-likeness (QED) is 0.738. The number of nitriles is 1. The van der Waals surface area contributed by atoms with Gasteiger partial charge in [-0.05, 0) is 18.9 Å². The van der Waals surface area contributed by atoms with Gasteiger partial charge in [0.25, 0.3) is 0 Å². The maximum absolute atomic E-state index is 11.7. The van der Waals surface area contributed by atoms with Crippen molar-refractivity contribution in [1.29, 1.82) is 5.26 Å². The predicted molar refractivity (Wildman–Crippen MR) is 65.9 cm³/mol. The molecule has 0 aliphatic carbocycles. The highest BCUT2D eigenvalue weighted by molar-refractivity contribution is 7.89. The zero-order valence-electron chi connectivity index (χ0n) is 9.42. The van der Waals surface area contributed by atoms with Gasteiger partial charge >= 0.3 is 5.97 Å². The van der Waals surface area contributed by atoms with Gasteiger partial charge in [0.1, 0.15) is 4.88 Å². The van der Waals surface area contributed by atoms with Crippen LogP contribution in [0.2, 0.25) is 0 Å². The molecule has 0 amide bonds. The van der Waals surface area contributed by atoms with Crippen molar-refractivity contribution < 1.29 is 18.3 Å². The Kier molecular flexibility index (Phi) is 5.27. The third kappa shape index (κ3) is 4.10. The SMILES string of the molecule is N#CCCCCNS(=O)(=O)c1csc(C(=O)O)c1. The lowest BCUT2D eigenvalue weighted by molar-refractivity contribution is 0.0702. The summed E-state index contributed by atoms with van der Waals surface area (Å²) >= 11 is 0.870. The second kappa shape index (κ2) is 6.49. The van der Waals surface area contributed by atoms with Crippen molar-refractivity contribution in [3.05, 3.63) is 16.3 Å². The van der Waals surface area contributed by atoms with Crippen LogP contribution in [0.3, 0.4) is 0 Å². The Hall–Kier alpha value is -1.43. The zero-order chi connectivity index (χ0) is 13.6. The summed E-state index contributed by atoms with van der Waals surface area (Å²) in [5, 5.41) is 18.3. The largest absolute Gasteiger partial charge is 0.477 e. The van der Waals surface area contributed by atoms with Gasteiger partial charge in [0.15, 0.2) is 0 Å². The number of carboxylic acids is 1. The highest BCUT2D eigenvalue weighted by atomic mass is 32.2. The van der Waals surface area contributed by atoms with Gasteiger partial charge in [0.05, 0.1) is 11.0 Å². The van der Waals surface area contributed by atoms with Gasteiger partial charge in [-0.2, -0.15) is 5.26 Å².